The van der Waals surface area contributed by atoms with Crippen LogP contribution in [0.4, 0.5) is 0 Å². The lowest BCUT2D eigenvalue weighted by molar-refractivity contribution is 0.444. The van der Waals surface area contributed by atoms with E-state index in [-0.39, 0.29) is 17.0 Å². The van der Waals surface area contributed by atoms with Crippen LogP contribution in [0.15, 0.2) is 58.4 Å². The third-order valence-electron chi connectivity index (χ3n) is 4.89. The van der Waals surface area contributed by atoms with Crippen LogP contribution in [0.5, 0.6) is 0 Å². The maximum absolute atomic E-state index is 12.9. The minimum absolute atomic E-state index is 0.0130. The van der Waals surface area contributed by atoms with Gasteiger partial charge in [-0.1, -0.05) is 32.0 Å². The highest BCUT2D eigenvalue weighted by molar-refractivity contribution is 7.89. The van der Waals surface area contributed by atoms with Gasteiger partial charge in [0.2, 0.25) is 10.0 Å². The van der Waals surface area contributed by atoms with Crippen LogP contribution in [0.1, 0.15) is 30.8 Å². The summed E-state index contributed by atoms with van der Waals surface area (Å²) >= 11 is 0. The lowest BCUT2D eigenvalue weighted by atomic mass is 10.2. The Balaban J connectivity index is 2.12. The molecule has 3 aromatic rings. The third kappa shape index (κ3) is 3.92. The summed E-state index contributed by atoms with van der Waals surface area (Å²) in [5, 5.41) is 14.1. The number of pyridine rings is 1. The lowest BCUT2D eigenvalue weighted by Crippen LogP contribution is -2.32. The predicted octanol–water partition coefficient (Wildman–Crippen LogP) is 2.29. The maximum atomic E-state index is 12.9. The monoisotopic (exact) mass is 425 g/mol. The molecule has 0 spiro atoms. The molecular weight excluding hydrogens is 402 g/mol. The molecule has 0 bridgehead atoms. The SMILES string of the molecule is CCN(CC)S(=O)(=O)c1ccc(=O)n(Cc2c(C#N)c(C)nn2-c2ccccc2)c1. The van der Waals surface area contributed by atoms with E-state index in [2.05, 4.69) is 11.2 Å². The Morgan fingerprint density at radius 3 is 2.37 bits per heavy atom. The summed E-state index contributed by atoms with van der Waals surface area (Å²) in [6.45, 7) is 5.92. The molecule has 8 nitrogen and oxygen atoms in total. The van der Waals surface area contributed by atoms with Gasteiger partial charge >= 0.3 is 0 Å². The van der Waals surface area contributed by atoms with Crippen LogP contribution in [0.3, 0.4) is 0 Å². The van der Waals surface area contributed by atoms with Crippen LogP contribution in [0.2, 0.25) is 0 Å². The van der Waals surface area contributed by atoms with Gasteiger partial charge in [-0.15, -0.1) is 0 Å². The zero-order chi connectivity index (χ0) is 21.9. The van der Waals surface area contributed by atoms with Crippen molar-refractivity contribution in [3.63, 3.8) is 0 Å². The van der Waals surface area contributed by atoms with Crippen molar-refractivity contribution in [3.05, 3.63) is 76.0 Å². The number of aromatic nitrogens is 3. The number of hydrogen-bond donors (Lipinski definition) is 0. The quantitative estimate of drug-likeness (QED) is 0.578. The number of hydrogen-bond acceptors (Lipinski definition) is 5. The summed E-state index contributed by atoms with van der Waals surface area (Å²) < 4.78 is 30.0. The molecule has 0 aliphatic heterocycles. The van der Waals surface area contributed by atoms with E-state index < -0.39 is 10.0 Å². The Morgan fingerprint density at radius 1 is 1.10 bits per heavy atom. The molecule has 0 atom stereocenters. The highest BCUT2D eigenvalue weighted by Gasteiger charge is 2.23. The minimum atomic E-state index is -3.72. The number of para-hydroxylation sites is 1. The molecule has 0 saturated carbocycles. The van der Waals surface area contributed by atoms with Gasteiger partial charge < -0.3 is 4.57 Å². The predicted molar refractivity (Wildman–Crippen MR) is 113 cm³/mol. The van der Waals surface area contributed by atoms with Crippen LogP contribution < -0.4 is 5.56 Å². The summed E-state index contributed by atoms with van der Waals surface area (Å²) in [5.41, 5.74) is 1.80. The van der Waals surface area contributed by atoms with Crippen molar-refractivity contribution >= 4 is 10.0 Å². The van der Waals surface area contributed by atoms with E-state index in [1.54, 1.807) is 25.5 Å². The van der Waals surface area contributed by atoms with E-state index in [4.69, 9.17) is 0 Å². The Morgan fingerprint density at radius 2 is 1.77 bits per heavy atom. The number of rotatable bonds is 7. The molecular formula is C21H23N5O3S. The van der Waals surface area contributed by atoms with Crippen LogP contribution in [0, 0.1) is 18.3 Å². The first-order valence-corrected chi connectivity index (χ1v) is 11.0. The molecule has 0 aliphatic carbocycles. The van der Waals surface area contributed by atoms with Gasteiger partial charge in [-0.2, -0.15) is 14.7 Å². The molecule has 0 amide bonds. The molecule has 1 aromatic carbocycles. The molecule has 0 saturated heterocycles. The van der Waals surface area contributed by atoms with Crippen molar-refractivity contribution in [2.24, 2.45) is 0 Å². The van der Waals surface area contributed by atoms with E-state index >= 15 is 0 Å². The standard InChI is InChI=1S/C21H23N5O3S/c1-4-25(5-2)30(28,29)18-11-12-21(27)24(14-18)15-20-19(13-22)16(3)23-26(20)17-9-7-6-8-10-17/h6-12,14H,4-5,15H2,1-3H3. The fourth-order valence-electron chi connectivity index (χ4n) is 3.31. The molecule has 9 heteroatoms. The first-order valence-electron chi connectivity index (χ1n) is 9.58. The molecule has 0 fully saturated rings. The molecule has 2 heterocycles. The number of nitrogens with zero attached hydrogens (tertiary/aromatic N) is 5. The zero-order valence-corrected chi connectivity index (χ0v) is 17.9. The van der Waals surface area contributed by atoms with Crippen LogP contribution >= 0.6 is 0 Å². The highest BCUT2D eigenvalue weighted by Crippen LogP contribution is 2.20. The van der Waals surface area contributed by atoms with E-state index in [1.165, 1.54) is 27.2 Å². The van der Waals surface area contributed by atoms with Crippen molar-refractivity contribution in [1.29, 1.82) is 5.26 Å². The Labute approximate surface area is 175 Å². The second-order valence-corrected chi connectivity index (χ2v) is 8.62. The van der Waals surface area contributed by atoms with Crippen LogP contribution in [-0.4, -0.2) is 40.2 Å². The van der Waals surface area contributed by atoms with E-state index in [9.17, 15) is 18.5 Å². The average Bonchev–Trinajstić information content (AvgIpc) is 3.05. The van der Waals surface area contributed by atoms with Crippen molar-refractivity contribution in [1.82, 2.24) is 18.7 Å². The number of benzene rings is 1. The summed E-state index contributed by atoms with van der Waals surface area (Å²) in [5.74, 6) is 0. The number of nitriles is 1. The maximum Gasteiger partial charge on any atom is 0.250 e. The molecule has 0 unspecified atom stereocenters. The fourth-order valence-corrected chi connectivity index (χ4v) is 4.79. The molecule has 0 N–H and O–H groups in total. The Bertz CT molecular complexity index is 1250. The zero-order valence-electron chi connectivity index (χ0n) is 17.1. The lowest BCUT2D eigenvalue weighted by Gasteiger charge is -2.19. The van der Waals surface area contributed by atoms with Gasteiger partial charge in [0.1, 0.15) is 6.07 Å². The second kappa shape index (κ2) is 8.65. The van der Waals surface area contributed by atoms with Crippen molar-refractivity contribution < 1.29 is 8.42 Å². The van der Waals surface area contributed by atoms with Gasteiger partial charge in [0.05, 0.1) is 34.1 Å². The van der Waals surface area contributed by atoms with Gasteiger partial charge in [-0.3, -0.25) is 4.79 Å². The first kappa shape index (κ1) is 21.5. The van der Waals surface area contributed by atoms with E-state index in [0.29, 0.717) is 30.0 Å². The van der Waals surface area contributed by atoms with Crippen molar-refractivity contribution in [2.45, 2.75) is 32.2 Å². The molecule has 0 aliphatic rings. The fraction of sp³-hybridized carbons (Fsp3) is 0.286. The highest BCUT2D eigenvalue weighted by atomic mass is 32.2. The van der Waals surface area contributed by atoms with Crippen molar-refractivity contribution in [3.8, 4) is 11.8 Å². The Kier molecular flexibility index (Phi) is 6.20. The van der Waals surface area contributed by atoms with Crippen molar-refractivity contribution in [2.75, 3.05) is 13.1 Å². The molecule has 3 rings (SSSR count). The molecule has 2 aromatic heterocycles. The van der Waals surface area contributed by atoms with Gasteiger partial charge in [-0.25, -0.2) is 13.1 Å². The topological polar surface area (TPSA) is 101 Å². The summed E-state index contributed by atoms with van der Waals surface area (Å²) in [6, 6.07) is 14.0. The second-order valence-electron chi connectivity index (χ2n) is 6.69. The van der Waals surface area contributed by atoms with Crippen LogP contribution in [0.25, 0.3) is 5.69 Å². The number of sulfonamides is 1. The summed E-state index contributed by atoms with van der Waals surface area (Å²) in [7, 11) is -3.72. The van der Waals surface area contributed by atoms with E-state index in [0.717, 1.165) is 5.69 Å². The average molecular weight is 426 g/mol. The third-order valence-corrected chi connectivity index (χ3v) is 6.92. The van der Waals surface area contributed by atoms with Gasteiger partial charge in [0, 0.05) is 25.4 Å². The van der Waals surface area contributed by atoms with Gasteiger partial charge in [0.15, 0.2) is 0 Å². The smallest absolute Gasteiger partial charge is 0.250 e. The molecule has 0 radical (unpaired) electrons. The first-order chi connectivity index (χ1) is 14.3. The normalized spacial score (nSPS) is 11.6. The van der Waals surface area contributed by atoms with Gasteiger partial charge in [0.25, 0.3) is 5.56 Å². The largest absolute Gasteiger partial charge is 0.308 e. The molecule has 156 valence electrons. The summed E-state index contributed by atoms with van der Waals surface area (Å²) in [4.78, 5) is 12.5. The number of aryl methyl sites for hydroxylation is 1. The minimum Gasteiger partial charge on any atom is -0.308 e. The summed E-state index contributed by atoms with van der Waals surface area (Å²) in [6.07, 6.45) is 1.33. The van der Waals surface area contributed by atoms with E-state index in [1.807, 2.05) is 30.3 Å². The van der Waals surface area contributed by atoms with Gasteiger partial charge in [-0.05, 0) is 25.1 Å². The van der Waals surface area contributed by atoms with Crippen LogP contribution in [-0.2, 0) is 16.6 Å². The Hall–Kier alpha value is -3.22. The molecule has 30 heavy (non-hydrogen) atoms.